The number of hydrogen-bond acceptors (Lipinski definition) is 4. The van der Waals surface area contributed by atoms with Crippen LogP contribution in [0.3, 0.4) is 0 Å². The lowest BCUT2D eigenvalue weighted by molar-refractivity contribution is 0.704. The number of nitrogens with one attached hydrogen (secondary N) is 1. The highest BCUT2D eigenvalue weighted by Crippen LogP contribution is 2.37. The fraction of sp³-hybridized carbons (Fsp3) is 0.333. The molecule has 2 aromatic heterocycles. The molecule has 0 amide bonds. The van der Waals surface area contributed by atoms with Crippen molar-refractivity contribution in [3.8, 4) is 11.4 Å². The molecular weight excluding hydrogens is 304 g/mol. The third-order valence-electron chi connectivity index (χ3n) is 3.48. The van der Waals surface area contributed by atoms with Crippen molar-refractivity contribution < 1.29 is 0 Å². The van der Waals surface area contributed by atoms with Crippen molar-refractivity contribution in [2.45, 2.75) is 26.8 Å². The first-order valence-electron chi connectivity index (χ1n) is 6.96. The first kappa shape index (κ1) is 14.4. The quantitative estimate of drug-likeness (QED) is 0.765. The van der Waals surface area contributed by atoms with Gasteiger partial charge in [-0.25, -0.2) is 4.98 Å². The predicted octanol–water partition coefficient (Wildman–Crippen LogP) is 4.57. The summed E-state index contributed by atoms with van der Waals surface area (Å²) < 4.78 is 6.65. The van der Waals surface area contributed by atoms with Gasteiger partial charge in [0.2, 0.25) is 0 Å². The second kappa shape index (κ2) is 5.66. The van der Waals surface area contributed by atoms with Gasteiger partial charge in [-0.15, -0.1) is 0 Å². The molecule has 0 saturated carbocycles. The van der Waals surface area contributed by atoms with Crippen molar-refractivity contribution in [1.29, 1.82) is 0 Å². The molecule has 0 aliphatic rings. The Morgan fingerprint density at radius 1 is 1.38 bits per heavy atom. The minimum Gasteiger partial charge on any atom is -0.378 e. The van der Waals surface area contributed by atoms with Gasteiger partial charge in [0.05, 0.1) is 27.3 Å². The topological polar surface area (TPSA) is 42.7 Å². The molecule has 0 unspecified atom stereocenters. The van der Waals surface area contributed by atoms with Crippen LogP contribution in [0.5, 0.6) is 0 Å². The highest BCUT2D eigenvalue weighted by atomic mass is 35.5. The maximum Gasteiger partial charge on any atom is 0.146 e. The van der Waals surface area contributed by atoms with Crippen LogP contribution in [0.15, 0.2) is 18.2 Å². The standard InChI is InChI=1S/C15H17ClN4S/c1-4-8-20-13-10(16)6-5-7-11(13)18-14(20)12-9(2)19-21-15(12)17-3/h5-7,17H,4,8H2,1-3H3. The van der Waals surface area contributed by atoms with Gasteiger partial charge >= 0.3 is 0 Å². The number of fused-ring (bicyclic) bond motifs is 1. The zero-order chi connectivity index (χ0) is 15.0. The average Bonchev–Trinajstić information content (AvgIpc) is 3.01. The van der Waals surface area contributed by atoms with Crippen LogP contribution in [0.1, 0.15) is 19.0 Å². The fourth-order valence-electron chi connectivity index (χ4n) is 2.58. The minimum absolute atomic E-state index is 0.742. The van der Waals surface area contributed by atoms with E-state index in [0.29, 0.717) is 0 Å². The summed E-state index contributed by atoms with van der Waals surface area (Å²) >= 11 is 7.86. The second-order valence-electron chi connectivity index (χ2n) is 4.92. The predicted molar refractivity (Wildman–Crippen MR) is 90.4 cm³/mol. The molecule has 3 rings (SSSR count). The molecule has 0 fully saturated rings. The van der Waals surface area contributed by atoms with Crippen LogP contribution in [0.4, 0.5) is 5.00 Å². The highest BCUT2D eigenvalue weighted by Gasteiger charge is 2.20. The van der Waals surface area contributed by atoms with Crippen LogP contribution in [0, 0.1) is 6.92 Å². The molecule has 4 nitrogen and oxygen atoms in total. The van der Waals surface area contributed by atoms with E-state index in [1.807, 2.05) is 32.2 Å². The number of aromatic nitrogens is 3. The smallest absolute Gasteiger partial charge is 0.146 e. The molecule has 1 aromatic carbocycles. The van der Waals surface area contributed by atoms with E-state index < -0.39 is 0 Å². The first-order valence-corrected chi connectivity index (χ1v) is 8.11. The first-order chi connectivity index (χ1) is 10.2. The van der Waals surface area contributed by atoms with Gasteiger partial charge in [-0.05, 0) is 37.0 Å². The van der Waals surface area contributed by atoms with E-state index in [9.17, 15) is 0 Å². The average molecular weight is 321 g/mol. The van der Waals surface area contributed by atoms with Crippen molar-refractivity contribution in [1.82, 2.24) is 13.9 Å². The normalized spacial score (nSPS) is 11.2. The van der Waals surface area contributed by atoms with Crippen LogP contribution in [0.25, 0.3) is 22.4 Å². The lowest BCUT2D eigenvalue weighted by Gasteiger charge is -2.09. The molecule has 0 spiro atoms. The number of rotatable bonds is 4. The molecule has 0 aliphatic carbocycles. The van der Waals surface area contributed by atoms with Crippen molar-refractivity contribution in [3.63, 3.8) is 0 Å². The molecule has 0 atom stereocenters. The molecule has 0 saturated heterocycles. The summed E-state index contributed by atoms with van der Waals surface area (Å²) in [6, 6.07) is 5.86. The van der Waals surface area contributed by atoms with E-state index in [2.05, 4.69) is 21.2 Å². The van der Waals surface area contributed by atoms with E-state index in [-0.39, 0.29) is 0 Å². The SMILES string of the molecule is CCCn1c(-c2c(C)nsc2NC)nc2cccc(Cl)c21. The molecule has 110 valence electrons. The van der Waals surface area contributed by atoms with Crippen LogP contribution < -0.4 is 5.32 Å². The minimum atomic E-state index is 0.742. The summed E-state index contributed by atoms with van der Waals surface area (Å²) in [7, 11) is 1.91. The number of aryl methyl sites for hydroxylation is 2. The number of imidazole rings is 1. The van der Waals surface area contributed by atoms with E-state index >= 15 is 0 Å². The van der Waals surface area contributed by atoms with Crippen molar-refractivity contribution in [2.24, 2.45) is 0 Å². The Labute approximate surface area is 132 Å². The van der Waals surface area contributed by atoms with Gasteiger partial charge in [0.15, 0.2) is 0 Å². The van der Waals surface area contributed by atoms with Gasteiger partial charge in [-0.1, -0.05) is 24.6 Å². The lowest BCUT2D eigenvalue weighted by atomic mass is 10.2. The second-order valence-corrected chi connectivity index (χ2v) is 6.10. The van der Waals surface area contributed by atoms with E-state index in [4.69, 9.17) is 16.6 Å². The number of benzene rings is 1. The third kappa shape index (κ3) is 2.30. The largest absolute Gasteiger partial charge is 0.378 e. The van der Waals surface area contributed by atoms with Crippen molar-refractivity contribution in [3.05, 3.63) is 28.9 Å². The molecule has 2 heterocycles. The van der Waals surface area contributed by atoms with Crippen LogP contribution in [0.2, 0.25) is 5.02 Å². The Morgan fingerprint density at radius 3 is 2.90 bits per heavy atom. The summed E-state index contributed by atoms with van der Waals surface area (Å²) in [5, 5.41) is 4.99. The van der Waals surface area contributed by atoms with E-state index in [1.165, 1.54) is 11.5 Å². The maximum atomic E-state index is 6.40. The monoisotopic (exact) mass is 320 g/mol. The number of para-hydroxylation sites is 1. The summed E-state index contributed by atoms with van der Waals surface area (Å²) in [4.78, 5) is 4.81. The molecule has 1 N–H and O–H groups in total. The molecule has 0 aliphatic heterocycles. The Hall–Kier alpha value is -1.59. The number of nitrogens with zero attached hydrogens (tertiary/aromatic N) is 3. The van der Waals surface area contributed by atoms with Crippen LogP contribution in [-0.2, 0) is 6.54 Å². The molecular formula is C15H17ClN4S. The molecule has 0 bridgehead atoms. The zero-order valence-corrected chi connectivity index (χ0v) is 13.8. The van der Waals surface area contributed by atoms with Crippen LogP contribution in [-0.4, -0.2) is 21.0 Å². The zero-order valence-electron chi connectivity index (χ0n) is 12.3. The summed E-state index contributed by atoms with van der Waals surface area (Å²) in [6.45, 7) is 5.06. The number of halogens is 1. The van der Waals surface area contributed by atoms with Gasteiger partial charge in [0.1, 0.15) is 10.8 Å². The van der Waals surface area contributed by atoms with Crippen LogP contribution >= 0.6 is 23.1 Å². The summed E-state index contributed by atoms with van der Waals surface area (Å²) in [6.07, 6.45) is 1.02. The molecule has 6 heteroatoms. The number of anilines is 1. The van der Waals surface area contributed by atoms with Gasteiger partial charge in [0.25, 0.3) is 0 Å². The van der Waals surface area contributed by atoms with Gasteiger partial charge in [0, 0.05) is 13.6 Å². The van der Waals surface area contributed by atoms with Gasteiger partial charge in [-0.2, -0.15) is 4.37 Å². The Balaban J connectivity index is 2.34. The fourth-order valence-corrected chi connectivity index (χ4v) is 3.59. The molecule has 3 aromatic rings. The van der Waals surface area contributed by atoms with E-state index in [0.717, 1.165) is 51.1 Å². The Kier molecular flexibility index (Phi) is 3.87. The Morgan fingerprint density at radius 2 is 2.19 bits per heavy atom. The van der Waals surface area contributed by atoms with Crippen molar-refractivity contribution in [2.75, 3.05) is 12.4 Å². The van der Waals surface area contributed by atoms with E-state index in [1.54, 1.807) is 0 Å². The Bertz CT molecular complexity index is 790. The number of hydrogen-bond donors (Lipinski definition) is 1. The molecule has 0 radical (unpaired) electrons. The summed E-state index contributed by atoms with van der Waals surface area (Å²) in [5.41, 5.74) is 4.00. The lowest BCUT2D eigenvalue weighted by Crippen LogP contribution is -2.01. The molecule has 21 heavy (non-hydrogen) atoms. The van der Waals surface area contributed by atoms with Gasteiger partial charge < -0.3 is 9.88 Å². The van der Waals surface area contributed by atoms with Gasteiger partial charge in [-0.3, -0.25) is 0 Å². The highest BCUT2D eigenvalue weighted by molar-refractivity contribution is 7.10. The summed E-state index contributed by atoms with van der Waals surface area (Å²) in [5.74, 6) is 0.940. The maximum absolute atomic E-state index is 6.40. The van der Waals surface area contributed by atoms with Crippen molar-refractivity contribution >= 4 is 39.2 Å². The third-order valence-corrected chi connectivity index (χ3v) is 4.74.